The van der Waals surface area contributed by atoms with Crippen LogP contribution in [0, 0.1) is 23.7 Å². The van der Waals surface area contributed by atoms with Crippen molar-refractivity contribution >= 4 is 5.82 Å². The number of hydrogen-bond acceptors (Lipinski definition) is 5. The molecule has 2 saturated carbocycles. The minimum Gasteiger partial charge on any atom is -0.507 e. The standard InChI is InChI=1S/C22H24N4O/c1-14-8-15(13-23)9-19(27)20(14)18-10-16-4-2-7-26(21(16)25-24-18)17-11-22(12-17)5-3-6-22/h8-10,17,27H,2-7,11-12H2,1H3. The number of rotatable bonds is 2. The average molecular weight is 360 g/mol. The monoisotopic (exact) mass is 360 g/mol. The van der Waals surface area contributed by atoms with E-state index in [0.29, 0.717) is 28.3 Å². The third-order valence-electron chi connectivity index (χ3n) is 6.86. The lowest BCUT2D eigenvalue weighted by molar-refractivity contribution is 0.00803. The van der Waals surface area contributed by atoms with Crippen LogP contribution in [0.5, 0.6) is 5.75 Å². The van der Waals surface area contributed by atoms with Crippen LogP contribution < -0.4 is 4.90 Å². The van der Waals surface area contributed by atoms with E-state index in [-0.39, 0.29) is 5.75 Å². The van der Waals surface area contributed by atoms with Crippen molar-refractivity contribution in [3.63, 3.8) is 0 Å². The van der Waals surface area contributed by atoms with Gasteiger partial charge in [-0.05, 0) is 80.2 Å². The van der Waals surface area contributed by atoms with Crippen LogP contribution in [0.15, 0.2) is 18.2 Å². The first-order valence-corrected chi connectivity index (χ1v) is 9.96. The SMILES string of the molecule is Cc1cc(C#N)cc(O)c1-c1cc2c(nn1)N(C1CC3(CCC3)C1)CCC2. The Morgan fingerprint density at radius 2 is 2.00 bits per heavy atom. The molecule has 2 aliphatic carbocycles. The van der Waals surface area contributed by atoms with Gasteiger partial charge in [-0.2, -0.15) is 5.26 Å². The van der Waals surface area contributed by atoms with Crippen molar-refractivity contribution in [3.05, 3.63) is 34.9 Å². The third kappa shape index (κ3) is 2.58. The molecule has 2 fully saturated rings. The predicted molar refractivity (Wildman–Crippen MR) is 104 cm³/mol. The number of aromatic nitrogens is 2. The van der Waals surface area contributed by atoms with E-state index in [1.807, 2.05) is 6.92 Å². The summed E-state index contributed by atoms with van der Waals surface area (Å²) in [5.74, 6) is 1.13. The van der Waals surface area contributed by atoms with Gasteiger partial charge in [-0.15, -0.1) is 10.2 Å². The first-order valence-electron chi connectivity index (χ1n) is 9.96. The summed E-state index contributed by atoms with van der Waals surface area (Å²) in [6.45, 7) is 2.97. The van der Waals surface area contributed by atoms with Crippen molar-refractivity contribution < 1.29 is 5.11 Å². The molecular weight excluding hydrogens is 336 g/mol. The number of aromatic hydroxyl groups is 1. The van der Waals surface area contributed by atoms with Crippen LogP contribution in [0.2, 0.25) is 0 Å². The number of nitriles is 1. The predicted octanol–water partition coefficient (Wildman–Crippen LogP) is 4.11. The molecule has 0 saturated heterocycles. The number of benzene rings is 1. The van der Waals surface area contributed by atoms with Gasteiger partial charge < -0.3 is 10.0 Å². The highest BCUT2D eigenvalue weighted by molar-refractivity contribution is 5.73. The Morgan fingerprint density at radius 3 is 2.67 bits per heavy atom. The Kier molecular flexibility index (Phi) is 3.65. The fourth-order valence-electron chi connectivity index (χ4n) is 5.28. The highest BCUT2D eigenvalue weighted by atomic mass is 16.3. The molecule has 0 radical (unpaired) electrons. The number of phenols is 1. The molecule has 1 N–H and O–H groups in total. The molecule has 0 unspecified atom stereocenters. The second-order valence-electron chi connectivity index (χ2n) is 8.59. The highest BCUT2D eigenvalue weighted by Crippen LogP contribution is 2.57. The molecule has 27 heavy (non-hydrogen) atoms. The van der Waals surface area contributed by atoms with E-state index in [2.05, 4.69) is 27.2 Å². The molecule has 1 aromatic carbocycles. The number of phenolic OH excluding ortho intramolecular Hbond substituents is 1. The van der Waals surface area contributed by atoms with Gasteiger partial charge >= 0.3 is 0 Å². The molecule has 1 spiro atoms. The maximum atomic E-state index is 10.4. The van der Waals surface area contributed by atoms with Gasteiger partial charge in [-0.25, -0.2) is 0 Å². The summed E-state index contributed by atoms with van der Waals surface area (Å²) in [5, 5.41) is 28.6. The van der Waals surface area contributed by atoms with Gasteiger partial charge in [0, 0.05) is 18.2 Å². The van der Waals surface area contributed by atoms with Crippen LogP contribution in [0.3, 0.4) is 0 Å². The number of nitrogens with zero attached hydrogens (tertiary/aromatic N) is 4. The molecule has 2 heterocycles. The van der Waals surface area contributed by atoms with Crippen molar-refractivity contribution in [1.29, 1.82) is 5.26 Å². The molecule has 5 heteroatoms. The fraction of sp³-hybridized carbons (Fsp3) is 0.500. The average Bonchev–Trinajstić information content (AvgIpc) is 2.58. The molecule has 1 aromatic heterocycles. The van der Waals surface area contributed by atoms with Crippen LogP contribution in [0.4, 0.5) is 5.82 Å². The van der Waals surface area contributed by atoms with Crippen LogP contribution in [-0.4, -0.2) is 27.9 Å². The molecule has 5 nitrogen and oxygen atoms in total. The van der Waals surface area contributed by atoms with E-state index in [1.54, 1.807) is 6.07 Å². The molecule has 2 aromatic rings. The van der Waals surface area contributed by atoms with Gasteiger partial charge in [-0.3, -0.25) is 0 Å². The molecule has 0 atom stereocenters. The Morgan fingerprint density at radius 1 is 1.19 bits per heavy atom. The third-order valence-corrected chi connectivity index (χ3v) is 6.86. The molecule has 0 bridgehead atoms. The summed E-state index contributed by atoms with van der Waals surface area (Å²) < 4.78 is 0. The van der Waals surface area contributed by atoms with Crippen LogP contribution in [0.25, 0.3) is 11.3 Å². The van der Waals surface area contributed by atoms with Crippen LogP contribution >= 0.6 is 0 Å². The molecule has 0 amide bonds. The van der Waals surface area contributed by atoms with E-state index in [0.717, 1.165) is 30.8 Å². The number of fused-ring (bicyclic) bond motifs is 1. The molecule has 138 valence electrons. The lowest BCUT2D eigenvalue weighted by atomic mass is 9.53. The first-order chi connectivity index (χ1) is 13.1. The van der Waals surface area contributed by atoms with E-state index in [4.69, 9.17) is 5.26 Å². The maximum Gasteiger partial charge on any atom is 0.154 e. The van der Waals surface area contributed by atoms with Crippen molar-refractivity contribution in [3.8, 4) is 23.1 Å². The summed E-state index contributed by atoms with van der Waals surface area (Å²) in [6, 6.07) is 8.07. The topological polar surface area (TPSA) is 73.0 Å². The van der Waals surface area contributed by atoms with Crippen molar-refractivity contribution in [2.45, 2.75) is 57.9 Å². The summed E-state index contributed by atoms with van der Waals surface area (Å²) in [4.78, 5) is 2.48. The molecule has 5 rings (SSSR count). The number of anilines is 1. The molecule has 1 aliphatic heterocycles. The smallest absolute Gasteiger partial charge is 0.154 e. The molecule has 3 aliphatic rings. The highest BCUT2D eigenvalue weighted by Gasteiger charge is 2.50. The zero-order chi connectivity index (χ0) is 18.6. The summed E-state index contributed by atoms with van der Waals surface area (Å²) in [7, 11) is 0. The zero-order valence-electron chi connectivity index (χ0n) is 15.7. The quantitative estimate of drug-likeness (QED) is 0.872. The normalized spacial score (nSPS) is 20.5. The second-order valence-corrected chi connectivity index (χ2v) is 8.59. The van der Waals surface area contributed by atoms with Gasteiger partial charge in [0.25, 0.3) is 0 Å². The van der Waals surface area contributed by atoms with E-state index in [9.17, 15) is 5.11 Å². The van der Waals surface area contributed by atoms with E-state index in [1.165, 1.54) is 43.7 Å². The largest absolute Gasteiger partial charge is 0.507 e. The second kappa shape index (κ2) is 5.95. The van der Waals surface area contributed by atoms with Gasteiger partial charge in [-0.1, -0.05) is 6.42 Å². The van der Waals surface area contributed by atoms with Crippen LogP contribution in [0.1, 0.15) is 55.2 Å². The first kappa shape index (κ1) is 16.6. The van der Waals surface area contributed by atoms with E-state index < -0.39 is 0 Å². The Labute approximate surface area is 159 Å². The van der Waals surface area contributed by atoms with Crippen molar-refractivity contribution in [1.82, 2.24) is 10.2 Å². The summed E-state index contributed by atoms with van der Waals surface area (Å²) in [5.41, 5.74) is 4.56. The fourth-order valence-corrected chi connectivity index (χ4v) is 5.28. The minimum atomic E-state index is 0.0967. The lowest BCUT2D eigenvalue weighted by Gasteiger charge is -2.57. The Balaban J connectivity index is 1.46. The Bertz CT molecular complexity index is 926. The van der Waals surface area contributed by atoms with Gasteiger partial charge in [0.05, 0.1) is 17.3 Å². The summed E-state index contributed by atoms with van der Waals surface area (Å²) in [6.07, 6.45) is 8.98. The Hall–Kier alpha value is -2.61. The molecular formula is C22H24N4O. The number of aryl methyl sites for hydroxylation is 2. The number of hydrogen-bond donors (Lipinski definition) is 1. The minimum absolute atomic E-state index is 0.0967. The summed E-state index contributed by atoms with van der Waals surface area (Å²) >= 11 is 0. The van der Waals surface area contributed by atoms with Gasteiger partial charge in [0.15, 0.2) is 5.82 Å². The van der Waals surface area contributed by atoms with Crippen LogP contribution in [-0.2, 0) is 6.42 Å². The van der Waals surface area contributed by atoms with E-state index >= 15 is 0 Å². The van der Waals surface area contributed by atoms with Crippen molar-refractivity contribution in [2.24, 2.45) is 5.41 Å². The van der Waals surface area contributed by atoms with Gasteiger partial charge in [0.1, 0.15) is 5.75 Å². The lowest BCUT2D eigenvalue weighted by Crippen LogP contribution is -2.55. The van der Waals surface area contributed by atoms with Crippen molar-refractivity contribution in [2.75, 3.05) is 11.4 Å². The maximum absolute atomic E-state index is 10.4. The van der Waals surface area contributed by atoms with Gasteiger partial charge in [0.2, 0.25) is 0 Å². The zero-order valence-corrected chi connectivity index (χ0v) is 15.7.